The number of nitrogens with zero attached hydrogens (tertiary/aromatic N) is 2. The molecule has 8 nitrogen and oxygen atoms in total. The molecule has 3 atom stereocenters. The van der Waals surface area contributed by atoms with Crippen LogP contribution in [-0.4, -0.2) is 56.7 Å². The standard InChI is InChI=1S/C31H45N3O5Si/c1-21-22(2)34-17-16-24-27(30(34)32-21)33-26(23-13-10-9-11-14-23)29(28(24)37-20-19-36-6)39-25(35)15-12-18-38-40(7,8)31(3,4)5/h9-11,13-14,16-17,26,28-29,33H,12,15,18-20H2,1-8H3/t26-,28-,29-/m1/s1. The number of pyridine rings is 1. The fourth-order valence-electron chi connectivity index (χ4n) is 4.80. The quantitative estimate of drug-likeness (QED) is 0.160. The summed E-state index contributed by atoms with van der Waals surface area (Å²) < 4.78 is 26.3. The van der Waals surface area contributed by atoms with Crippen LogP contribution in [0.4, 0.5) is 5.69 Å². The predicted octanol–water partition coefficient (Wildman–Crippen LogP) is 6.54. The molecule has 0 saturated heterocycles. The first-order chi connectivity index (χ1) is 18.9. The largest absolute Gasteiger partial charge is 0.457 e. The lowest BCUT2D eigenvalue weighted by molar-refractivity contribution is -0.161. The molecule has 3 aromatic rings. The first-order valence-corrected chi connectivity index (χ1v) is 17.1. The van der Waals surface area contributed by atoms with Crippen molar-refractivity contribution in [3.05, 3.63) is 65.1 Å². The van der Waals surface area contributed by atoms with Crippen LogP contribution in [0.3, 0.4) is 0 Å². The van der Waals surface area contributed by atoms with Gasteiger partial charge in [0.1, 0.15) is 6.10 Å². The molecular weight excluding hydrogens is 522 g/mol. The molecule has 0 amide bonds. The van der Waals surface area contributed by atoms with Crippen LogP contribution in [0.5, 0.6) is 0 Å². The molecular formula is C31H45N3O5Si. The molecule has 1 aliphatic heterocycles. The van der Waals surface area contributed by atoms with Crippen molar-refractivity contribution in [2.45, 2.75) is 83.8 Å². The predicted molar refractivity (Wildman–Crippen MR) is 160 cm³/mol. The van der Waals surface area contributed by atoms with E-state index in [-0.39, 0.29) is 23.5 Å². The minimum Gasteiger partial charge on any atom is -0.457 e. The Labute approximate surface area is 239 Å². The minimum absolute atomic E-state index is 0.127. The van der Waals surface area contributed by atoms with Gasteiger partial charge in [-0.05, 0) is 50.0 Å². The van der Waals surface area contributed by atoms with Crippen LogP contribution in [0.2, 0.25) is 18.1 Å². The monoisotopic (exact) mass is 567 g/mol. The van der Waals surface area contributed by atoms with Crippen molar-refractivity contribution in [1.29, 1.82) is 0 Å². The highest BCUT2D eigenvalue weighted by molar-refractivity contribution is 6.74. The summed E-state index contributed by atoms with van der Waals surface area (Å²) in [5.74, 6) is -0.260. The summed E-state index contributed by atoms with van der Waals surface area (Å²) >= 11 is 0. The maximum Gasteiger partial charge on any atom is 0.306 e. The van der Waals surface area contributed by atoms with Crippen LogP contribution in [-0.2, 0) is 23.4 Å². The second-order valence-electron chi connectivity index (χ2n) is 12.1. The first kappa shape index (κ1) is 30.2. The second kappa shape index (κ2) is 12.4. The van der Waals surface area contributed by atoms with Crippen LogP contribution in [0.15, 0.2) is 42.6 Å². The van der Waals surface area contributed by atoms with Crippen molar-refractivity contribution in [2.75, 3.05) is 32.2 Å². The molecule has 40 heavy (non-hydrogen) atoms. The number of benzene rings is 1. The summed E-state index contributed by atoms with van der Waals surface area (Å²) in [6.07, 6.45) is 1.83. The average Bonchev–Trinajstić information content (AvgIpc) is 3.20. The van der Waals surface area contributed by atoms with Gasteiger partial charge < -0.3 is 28.4 Å². The van der Waals surface area contributed by atoms with Gasteiger partial charge in [-0.1, -0.05) is 51.1 Å². The van der Waals surface area contributed by atoms with E-state index in [0.29, 0.717) is 26.2 Å². The number of hydrogen-bond donors (Lipinski definition) is 1. The number of methoxy groups -OCH3 is 1. The van der Waals surface area contributed by atoms with E-state index in [1.165, 1.54) is 0 Å². The molecule has 3 heterocycles. The van der Waals surface area contributed by atoms with Gasteiger partial charge in [0.05, 0.1) is 30.6 Å². The molecule has 0 unspecified atom stereocenters. The van der Waals surface area contributed by atoms with Crippen molar-refractivity contribution in [1.82, 2.24) is 9.38 Å². The average molecular weight is 568 g/mol. The number of esters is 1. The first-order valence-electron chi connectivity index (χ1n) is 14.2. The fourth-order valence-corrected chi connectivity index (χ4v) is 5.89. The number of carbonyl (C=O) groups is 1. The SMILES string of the molecule is COCCO[C@@H]1c2ccn3c(C)c(C)nc3c2N[C@H](c2ccccc2)[C@H]1OC(=O)CCCO[Si](C)(C)C(C)(C)C. The summed E-state index contributed by atoms with van der Waals surface area (Å²) in [4.78, 5) is 18.1. The van der Waals surface area contributed by atoms with Crippen molar-refractivity contribution < 1.29 is 23.4 Å². The number of aryl methyl sites for hydroxylation is 2. The summed E-state index contributed by atoms with van der Waals surface area (Å²) in [5.41, 5.74) is 5.71. The van der Waals surface area contributed by atoms with E-state index < -0.39 is 20.5 Å². The number of aromatic nitrogens is 2. The number of imidazole rings is 1. The van der Waals surface area contributed by atoms with Gasteiger partial charge >= 0.3 is 5.97 Å². The Balaban J connectivity index is 1.62. The number of ether oxygens (including phenoxy) is 3. The summed E-state index contributed by atoms with van der Waals surface area (Å²) in [5, 5.41) is 3.81. The molecule has 4 rings (SSSR count). The Kier molecular flexibility index (Phi) is 9.39. The minimum atomic E-state index is -1.87. The van der Waals surface area contributed by atoms with E-state index in [2.05, 4.69) is 50.5 Å². The molecule has 1 N–H and O–H groups in total. The molecule has 0 fully saturated rings. The molecule has 9 heteroatoms. The normalized spacial score (nSPS) is 19.4. The third-order valence-corrected chi connectivity index (χ3v) is 12.9. The van der Waals surface area contributed by atoms with E-state index in [0.717, 1.165) is 33.8 Å². The molecule has 0 saturated carbocycles. The maximum absolute atomic E-state index is 13.3. The zero-order chi connectivity index (χ0) is 29.1. The second-order valence-corrected chi connectivity index (χ2v) is 16.9. The maximum atomic E-state index is 13.3. The Morgan fingerprint density at radius 2 is 1.80 bits per heavy atom. The van der Waals surface area contributed by atoms with E-state index in [9.17, 15) is 4.79 Å². The van der Waals surface area contributed by atoms with Gasteiger partial charge in [0.2, 0.25) is 0 Å². The van der Waals surface area contributed by atoms with Crippen molar-refractivity contribution in [2.24, 2.45) is 0 Å². The number of carbonyl (C=O) groups excluding carboxylic acids is 1. The van der Waals surface area contributed by atoms with Crippen LogP contribution in [0, 0.1) is 13.8 Å². The van der Waals surface area contributed by atoms with Crippen molar-refractivity contribution in [3.8, 4) is 0 Å². The number of fused-ring (bicyclic) bond motifs is 3. The third-order valence-electron chi connectivity index (χ3n) is 8.34. The molecule has 1 aromatic carbocycles. The summed E-state index contributed by atoms with van der Waals surface area (Å²) in [6, 6.07) is 11.8. The Morgan fingerprint density at radius 1 is 1.07 bits per heavy atom. The van der Waals surface area contributed by atoms with Crippen molar-refractivity contribution >= 4 is 25.6 Å². The number of hydrogen-bond acceptors (Lipinski definition) is 7. The lowest BCUT2D eigenvalue weighted by Crippen LogP contribution is -2.41. The molecule has 2 aromatic heterocycles. The Bertz CT molecular complexity index is 1300. The fraction of sp³-hybridized carbons (Fsp3) is 0.548. The topological polar surface area (TPSA) is 83.3 Å². The van der Waals surface area contributed by atoms with E-state index in [1.807, 2.05) is 49.5 Å². The summed E-state index contributed by atoms with van der Waals surface area (Å²) in [7, 11) is -0.222. The Morgan fingerprint density at radius 3 is 2.48 bits per heavy atom. The Hall–Kier alpha value is -2.72. The molecule has 218 valence electrons. The molecule has 0 radical (unpaired) electrons. The van der Waals surface area contributed by atoms with Crippen LogP contribution < -0.4 is 5.32 Å². The van der Waals surface area contributed by atoms with Crippen LogP contribution >= 0.6 is 0 Å². The summed E-state index contributed by atoms with van der Waals surface area (Å²) in [6.45, 7) is 16.5. The third kappa shape index (κ3) is 6.43. The van der Waals surface area contributed by atoms with E-state index >= 15 is 0 Å². The van der Waals surface area contributed by atoms with Crippen LogP contribution in [0.25, 0.3) is 5.65 Å². The number of anilines is 1. The van der Waals surface area contributed by atoms with Crippen LogP contribution in [0.1, 0.15) is 68.3 Å². The molecule has 0 aliphatic carbocycles. The lowest BCUT2D eigenvalue weighted by atomic mass is 9.88. The zero-order valence-corrected chi connectivity index (χ0v) is 26.2. The molecule has 1 aliphatic rings. The van der Waals surface area contributed by atoms with E-state index in [1.54, 1.807) is 7.11 Å². The van der Waals surface area contributed by atoms with E-state index in [4.69, 9.17) is 23.6 Å². The van der Waals surface area contributed by atoms with Gasteiger partial charge in [-0.2, -0.15) is 0 Å². The highest BCUT2D eigenvalue weighted by Crippen LogP contribution is 2.45. The van der Waals surface area contributed by atoms with Gasteiger partial charge in [-0.15, -0.1) is 0 Å². The van der Waals surface area contributed by atoms with Gasteiger partial charge in [-0.25, -0.2) is 4.98 Å². The van der Waals surface area contributed by atoms with Gasteiger partial charge in [-0.3, -0.25) is 4.79 Å². The van der Waals surface area contributed by atoms with Gasteiger partial charge in [0, 0.05) is 37.6 Å². The smallest absolute Gasteiger partial charge is 0.306 e. The molecule has 0 bridgehead atoms. The molecule has 0 spiro atoms. The van der Waals surface area contributed by atoms with Crippen molar-refractivity contribution in [3.63, 3.8) is 0 Å². The highest BCUT2D eigenvalue weighted by Gasteiger charge is 2.42. The van der Waals surface area contributed by atoms with Gasteiger partial charge in [0.25, 0.3) is 0 Å². The zero-order valence-electron chi connectivity index (χ0n) is 25.2. The number of nitrogens with one attached hydrogen (secondary N) is 1. The lowest BCUT2D eigenvalue weighted by Gasteiger charge is -2.40. The highest BCUT2D eigenvalue weighted by atomic mass is 28.4. The number of rotatable bonds is 11. The van der Waals surface area contributed by atoms with Gasteiger partial charge in [0.15, 0.2) is 20.1 Å².